The van der Waals surface area contributed by atoms with E-state index in [9.17, 15) is 9.90 Å². The number of benzene rings is 2. The first kappa shape index (κ1) is 27.3. The number of aliphatic hydroxyl groups excluding tert-OH is 1. The lowest BCUT2D eigenvalue weighted by Crippen LogP contribution is -2.48. The molecule has 198 valence electrons. The average Bonchev–Trinajstić information content (AvgIpc) is 3.37. The van der Waals surface area contributed by atoms with Gasteiger partial charge in [-0.25, -0.2) is 0 Å². The van der Waals surface area contributed by atoms with Crippen LogP contribution in [0.4, 0.5) is 0 Å². The maximum atomic E-state index is 13.6. The van der Waals surface area contributed by atoms with E-state index in [0.717, 1.165) is 36.3 Å². The Morgan fingerprint density at radius 3 is 2.81 bits per heavy atom. The van der Waals surface area contributed by atoms with Crippen LogP contribution in [0.15, 0.2) is 66.0 Å². The summed E-state index contributed by atoms with van der Waals surface area (Å²) in [5, 5.41) is 12.7. The Hall–Kier alpha value is -2.71. The normalized spacial score (nSPS) is 16.0. The molecule has 1 aromatic heterocycles. The standard InChI is InChI=1S/C30H38N2O4S/c1-3-14-31(18-25(33)21-35-20-24-9-5-4-6-10-24)19-30(34)32-15-12-29-27(13-16-37-29)28(32)22-36-26-11-7-8-23(2)17-26/h4-11,13,16-17,25,28,33H,3,12,14-15,18-22H2,1-2H3. The molecule has 2 unspecified atom stereocenters. The Labute approximate surface area is 224 Å². The molecule has 0 bridgehead atoms. The molecular weight excluding hydrogens is 484 g/mol. The van der Waals surface area contributed by atoms with Crippen LogP contribution in [0.2, 0.25) is 0 Å². The molecule has 3 aromatic rings. The number of carbonyl (C=O) groups excluding carboxylic acids is 1. The first-order valence-electron chi connectivity index (χ1n) is 13.1. The molecule has 37 heavy (non-hydrogen) atoms. The fourth-order valence-corrected chi connectivity index (χ4v) is 5.75. The Balaban J connectivity index is 1.35. The largest absolute Gasteiger partial charge is 0.491 e. The zero-order valence-corrected chi connectivity index (χ0v) is 22.7. The maximum Gasteiger partial charge on any atom is 0.237 e. The van der Waals surface area contributed by atoms with Gasteiger partial charge in [0.2, 0.25) is 5.91 Å². The van der Waals surface area contributed by atoms with E-state index < -0.39 is 6.10 Å². The topological polar surface area (TPSA) is 62.2 Å². The van der Waals surface area contributed by atoms with Crippen LogP contribution >= 0.6 is 11.3 Å². The summed E-state index contributed by atoms with van der Waals surface area (Å²) in [6.45, 7) is 7.34. The second-order valence-electron chi connectivity index (χ2n) is 9.67. The quantitative estimate of drug-likeness (QED) is 0.348. The molecule has 7 heteroatoms. The van der Waals surface area contributed by atoms with E-state index in [-0.39, 0.29) is 25.1 Å². The van der Waals surface area contributed by atoms with Gasteiger partial charge in [-0.3, -0.25) is 9.69 Å². The first-order chi connectivity index (χ1) is 18.0. The second kappa shape index (κ2) is 13.7. The number of carbonyl (C=O) groups is 1. The molecule has 1 aliphatic heterocycles. The molecule has 4 rings (SSSR count). The zero-order valence-electron chi connectivity index (χ0n) is 21.8. The number of nitrogens with zero attached hydrogens (tertiary/aromatic N) is 2. The highest BCUT2D eigenvalue weighted by atomic mass is 32.1. The monoisotopic (exact) mass is 522 g/mol. The SMILES string of the molecule is CCCN(CC(=O)N1CCc2sccc2C1COc1cccc(C)c1)CC(O)COCc1ccccc1. The van der Waals surface area contributed by atoms with Crippen molar-refractivity contribution in [2.45, 2.75) is 45.4 Å². The molecule has 0 spiro atoms. The number of fused-ring (bicyclic) bond motifs is 1. The summed E-state index contributed by atoms with van der Waals surface area (Å²) in [5.74, 6) is 0.890. The van der Waals surface area contributed by atoms with Crippen molar-refractivity contribution in [3.8, 4) is 5.75 Å². The van der Waals surface area contributed by atoms with E-state index in [0.29, 0.717) is 26.3 Å². The summed E-state index contributed by atoms with van der Waals surface area (Å²) in [6.07, 6.45) is 1.11. The third kappa shape index (κ3) is 7.89. The van der Waals surface area contributed by atoms with Gasteiger partial charge in [-0.15, -0.1) is 11.3 Å². The van der Waals surface area contributed by atoms with Gasteiger partial charge >= 0.3 is 0 Å². The Bertz CT molecular complexity index is 1120. The number of amides is 1. The van der Waals surface area contributed by atoms with E-state index >= 15 is 0 Å². The highest BCUT2D eigenvalue weighted by Crippen LogP contribution is 2.34. The van der Waals surface area contributed by atoms with Crippen LogP contribution in [0.3, 0.4) is 0 Å². The predicted octanol–water partition coefficient (Wildman–Crippen LogP) is 4.85. The molecule has 0 radical (unpaired) electrons. The minimum Gasteiger partial charge on any atom is -0.491 e. The Morgan fingerprint density at radius 2 is 2.03 bits per heavy atom. The van der Waals surface area contributed by atoms with Crippen LogP contribution in [0.5, 0.6) is 5.75 Å². The lowest BCUT2D eigenvalue weighted by atomic mass is 10.0. The smallest absolute Gasteiger partial charge is 0.237 e. The van der Waals surface area contributed by atoms with Gasteiger partial charge in [-0.2, -0.15) is 0 Å². The highest BCUT2D eigenvalue weighted by Gasteiger charge is 2.33. The molecule has 2 heterocycles. The van der Waals surface area contributed by atoms with Gasteiger partial charge in [0, 0.05) is 18.0 Å². The molecule has 2 atom stereocenters. The number of hydrogen-bond acceptors (Lipinski definition) is 6. The molecule has 0 fully saturated rings. The lowest BCUT2D eigenvalue weighted by molar-refractivity contribution is -0.136. The Kier molecular flexibility index (Phi) is 10.1. The van der Waals surface area contributed by atoms with Crippen molar-refractivity contribution in [1.29, 1.82) is 0 Å². The maximum absolute atomic E-state index is 13.6. The minimum absolute atomic E-state index is 0.0700. The van der Waals surface area contributed by atoms with Crippen molar-refractivity contribution in [1.82, 2.24) is 9.80 Å². The van der Waals surface area contributed by atoms with E-state index in [4.69, 9.17) is 9.47 Å². The number of rotatable bonds is 13. The summed E-state index contributed by atoms with van der Waals surface area (Å²) in [4.78, 5) is 18.9. The van der Waals surface area contributed by atoms with E-state index in [1.54, 1.807) is 11.3 Å². The number of aliphatic hydroxyl groups is 1. The van der Waals surface area contributed by atoms with Gasteiger partial charge in [0.25, 0.3) is 0 Å². The van der Waals surface area contributed by atoms with Crippen LogP contribution in [0, 0.1) is 6.92 Å². The molecular formula is C30H38N2O4S. The fraction of sp³-hybridized carbons (Fsp3) is 0.433. The summed E-state index contributed by atoms with van der Waals surface area (Å²) in [5.41, 5.74) is 3.41. The van der Waals surface area contributed by atoms with Gasteiger partial charge in [-0.1, -0.05) is 49.4 Å². The molecule has 2 aromatic carbocycles. The summed E-state index contributed by atoms with van der Waals surface area (Å²) < 4.78 is 11.9. The highest BCUT2D eigenvalue weighted by molar-refractivity contribution is 7.10. The molecule has 1 aliphatic rings. The van der Waals surface area contributed by atoms with E-state index in [2.05, 4.69) is 18.4 Å². The van der Waals surface area contributed by atoms with Gasteiger partial charge in [-0.05, 0) is 66.6 Å². The molecule has 1 amide bonds. The van der Waals surface area contributed by atoms with Gasteiger partial charge in [0.15, 0.2) is 0 Å². The van der Waals surface area contributed by atoms with Gasteiger partial charge in [0.05, 0.1) is 31.9 Å². The van der Waals surface area contributed by atoms with Crippen LogP contribution in [0.25, 0.3) is 0 Å². The minimum atomic E-state index is -0.659. The number of thiophene rings is 1. The summed E-state index contributed by atoms with van der Waals surface area (Å²) in [7, 11) is 0. The number of aryl methyl sites for hydroxylation is 1. The average molecular weight is 523 g/mol. The molecule has 1 N–H and O–H groups in total. The van der Waals surface area contributed by atoms with E-state index in [1.165, 1.54) is 10.4 Å². The van der Waals surface area contributed by atoms with Crippen molar-refractivity contribution < 1.29 is 19.4 Å². The zero-order chi connectivity index (χ0) is 26.0. The third-order valence-corrected chi connectivity index (χ3v) is 7.60. The summed E-state index contributed by atoms with van der Waals surface area (Å²) >= 11 is 1.75. The van der Waals surface area contributed by atoms with Crippen LogP contribution in [0.1, 0.15) is 41.0 Å². The third-order valence-electron chi connectivity index (χ3n) is 6.60. The van der Waals surface area contributed by atoms with Crippen LogP contribution < -0.4 is 4.74 Å². The van der Waals surface area contributed by atoms with Gasteiger partial charge in [0.1, 0.15) is 12.4 Å². The van der Waals surface area contributed by atoms with Crippen molar-refractivity contribution in [2.24, 2.45) is 0 Å². The predicted molar refractivity (Wildman–Crippen MR) is 148 cm³/mol. The van der Waals surface area contributed by atoms with Crippen LogP contribution in [-0.4, -0.2) is 66.3 Å². The molecule has 0 saturated carbocycles. The fourth-order valence-electron chi connectivity index (χ4n) is 4.83. The number of hydrogen-bond donors (Lipinski definition) is 1. The number of ether oxygens (including phenoxy) is 2. The molecule has 6 nitrogen and oxygen atoms in total. The van der Waals surface area contributed by atoms with Crippen LogP contribution in [-0.2, 0) is 22.6 Å². The van der Waals surface area contributed by atoms with Crippen molar-refractivity contribution >= 4 is 17.2 Å². The lowest BCUT2D eigenvalue weighted by Gasteiger charge is -2.37. The Morgan fingerprint density at radius 1 is 1.19 bits per heavy atom. The van der Waals surface area contributed by atoms with Crippen molar-refractivity contribution in [3.05, 3.63) is 87.6 Å². The molecule has 0 aliphatic carbocycles. The molecule has 0 saturated heterocycles. The summed E-state index contributed by atoms with van der Waals surface area (Å²) in [6, 6.07) is 20.0. The second-order valence-corrected chi connectivity index (χ2v) is 10.7. The van der Waals surface area contributed by atoms with Crippen molar-refractivity contribution in [3.63, 3.8) is 0 Å². The van der Waals surface area contributed by atoms with E-state index in [1.807, 2.05) is 71.3 Å². The van der Waals surface area contributed by atoms with Crippen molar-refractivity contribution in [2.75, 3.05) is 39.4 Å². The first-order valence-corrected chi connectivity index (χ1v) is 14.0. The van der Waals surface area contributed by atoms with Gasteiger partial charge < -0.3 is 19.5 Å².